The van der Waals surface area contributed by atoms with Crippen LogP contribution in [-0.4, -0.2) is 47.2 Å². The van der Waals surface area contributed by atoms with Crippen molar-refractivity contribution >= 4 is 17.3 Å². The van der Waals surface area contributed by atoms with E-state index in [2.05, 4.69) is 9.88 Å². The Morgan fingerprint density at radius 3 is 2.75 bits per heavy atom. The number of rotatable bonds is 7. The number of carboxylic acid groups (broad SMARTS) is 1. The first-order valence-corrected chi connectivity index (χ1v) is 9.18. The summed E-state index contributed by atoms with van der Waals surface area (Å²) in [5.41, 5.74) is 1.50. The van der Waals surface area contributed by atoms with Crippen LogP contribution in [0.25, 0.3) is 10.6 Å². The molecule has 1 N–H and O–H groups in total. The summed E-state index contributed by atoms with van der Waals surface area (Å²) in [5, 5.41) is 10.0. The Hall–Kier alpha value is -1.92. The van der Waals surface area contributed by atoms with Crippen LogP contribution in [0.5, 0.6) is 5.75 Å². The molecule has 0 aliphatic carbocycles. The van der Waals surface area contributed by atoms with E-state index in [0.29, 0.717) is 28.6 Å². The third kappa shape index (κ3) is 3.76. The molecule has 6 heteroatoms. The Labute approximate surface area is 145 Å². The zero-order valence-corrected chi connectivity index (χ0v) is 14.6. The van der Waals surface area contributed by atoms with Crippen LogP contribution in [0.1, 0.15) is 35.1 Å². The van der Waals surface area contributed by atoms with Crippen molar-refractivity contribution in [2.45, 2.75) is 26.2 Å². The fourth-order valence-electron chi connectivity index (χ4n) is 2.93. The van der Waals surface area contributed by atoms with Crippen LogP contribution in [0.3, 0.4) is 0 Å². The Bertz CT molecular complexity index is 708. The number of likely N-dealkylation sites (tertiary alicyclic amines) is 1. The third-order valence-corrected chi connectivity index (χ3v) is 5.33. The molecule has 3 rings (SSSR count). The van der Waals surface area contributed by atoms with Gasteiger partial charge in [0.15, 0.2) is 0 Å². The predicted octanol–water partition coefficient (Wildman–Crippen LogP) is 3.55. The molecule has 128 valence electrons. The molecule has 2 aromatic rings. The van der Waals surface area contributed by atoms with Gasteiger partial charge in [-0.3, -0.25) is 4.90 Å². The molecule has 24 heavy (non-hydrogen) atoms. The van der Waals surface area contributed by atoms with Crippen molar-refractivity contribution in [3.8, 4) is 16.3 Å². The van der Waals surface area contributed by atoms with Gasteiger partial charge in [0.25, 0.3) is 0 Å². The Morgan fingerprint density at radius 2 is 2.08 bits per heavy atom. The van der Waals surface area contributed by atoms with Gasteiger partial charge < -0.3 is 9.84 Å². The van der Waals surface area contributed by atoms with Crippen molar-refractivity contribution in [2.75, 3.05) is 26.2 Å². The van der Waals surface area contributed by atoms with Crippen LogP contribution < -0.4 is 4.74 Å². The zero-order chi connectivity index (χ0) is 16.9. The van der Waals surface area contributed by atoms with Gasteiger partial charge in [0.05, 0.1) is 11.3 Å². The molecule has 0 atom stereocenters. The summed E-state index contributed by atoms with van der Waals surface area (Å²) >= 11 is 1.22. The fraction of sp³-hybridized carbons (Fsp3) is 0.444. The monoisotopic (exact) mass is 346 g/mol. The van der Waals surface area contributed by atoms with E-state index in [9.17, 15) is 9.90 Å². The molecule has 0 amide bonds. The minimum atomic E-state index is -0.914. The van der Waals surface area contributed by atoms with E-state index in [-0.39, 0.29) is 0 Å². The second-order valence-electron chi connectivity index (χ2n) is 5.85. The lowest BCUT2D eigenvalue weighted by molar-refractivity contribution is 0.0701. The lowest BCUT2D eigenvalue weighted by Crippen LogP contribution is -2.25. The number of hydrogen-bond acceptors (Lipinski definition) is 5. The van der Waals surface area contributed by atoms with E-state index in [1.54, 1.807) is 0 Å². The third-order valence-electron chi connectivity index (χ3n) is 4.21. The standard InChI is InChI=1S/C18H22N2O3S/c1-2-14-16(18(21)22)24-17(19-14)13-7-3-4-8-15(13)23-12-11-20-9-5-6-10-20/h3-4,7-8H,2,5-6,9-12H2,1H3,(H,21,22). The largest absolute Gasteiger partial charge is 0.492 e. The van der Waals surface area contributed by atoms with E-state index in [4.69, 9.17) is 4.74 Å². The maximum absolute atomic E-state index is 11.4. The molecule has 0 saturated carbocycles. The van der Waals surface area contributed by atoms with Crippen LogP contribution in [0, 0.1) is 0 Å². The summed E-state index contributed by atoms with van der Waals surface area (Å²) in [5.74, 6) is -0.145. The number of aryl methyl sites for hydroxylation is 1. The van der Waals surface area contributed by atoms with E-state index >= 15 is 0 Å². The average Bonchev–Trinajstić information content (AvgIpc) is 3.24. The number of ether oxygens (including phenoxy) is 1. The number of carboxylic acids is 1. The van der Waals surface area contributed by atoms with E-state index in [1.165, 1.54) is 24.2 Å². The van der Waals surface area contributed by atoms with Crippen molar-refractivity contribution in [3.63, 3.8) is 0 Å². The molecule has 1 saturated heterocycles. The molecule has 0 radical (unpaired) electrons. The summed E-state index contributed by atoms with van der Waals surface area (Å²) in [6.07, 6.45) is 3.15. The number of carbonyl (C=O) groups is 1. The van der Waals surface area contributed by atoms with Gasteiger partial charge in [-0.2, -0.15) is 0 Å². The average molecular weight is 346 g/mol. The number of para-hydroxylation sites is 1. The fourth-order valence-corrected chi connectivity index (χ4v) is 3.96. The highest BCUT2D eigenvalue weighted by molar-refractivity contribution is 7.17. The minimum absolute atomic E-state index is 0.319. The van der Waals surface area contributed by atoms with Gasteiger partial charge >= 0.3 is 5.97 Å². The first-order valence-electron chi connectivity index (χ1n) is 8.36. The van der Waals surface area contributed by atoms with Gasteiger partial charge in [-0.05, 0) is 44.5 Å². The van der Waals surface area contributed by atoms with Gasteiger partial charge in [0.1, 0.15) is 22.2 Å². The summed E-state index contributed by atoms with van der Waals surface area (Å²) < 4.78 is 5.97. The van der Waals surface area contributed by atoms with Crippen LogP contribution >= 0.6 is 11.3 Å². The maximum Gasteiger partial charge on any atom is 0.347 e. The van der Waals surface area contributed by atoms with Crippen molar-refractivity contribution in [2.24, 2.45) is 0 Å². The number of nitrogens with zero attached hydrogens (tertiary/aromatic N) is 2. The molecule has 1 aliphatic heterocycles. The highest BCUT2D eigenvalue weighted by Gasteiger charge is 2.19. The van der Waals surface area contributed by atoms with Gasteiger partial charge in [-0.25, -0.2) is 9.78 Å². The van der Waals surface area contributed by atoms with Crippen LogP contribution in [0.2, 0.25) is 0 Å². The van der Waals surface area contributed by atoms with E-state index in [1.807, 2.05) is 31.2 Å². The highest BCUT2D eigenvalue weighted by Crippen LogP contribution is 2.34. The molecule has 0 bridgehead atoms. The SMILES string of the molecule is CCc1nc(-c2ccccc2OCCN2CCCC2)sc1C(=O)O. The van der Waals surface area contributed by atoms with E-state index in [0.717, 1.165) is 30.9 Å². The molecule has 1 aromatic carbocycles. The molecular formula is C18H22N2O3S. The summed E-state index contributed by atoms with van der Waals surface area (Å²) in [7, 11) is 0. The second kappa shape index (κ2) is 7.77. The Morgan fingerprint density at radius 1 is 1.33 bits per heavy atom. The quantitative estimate of drug-likeness (QED) is 0.831. The second-order valence-corrected chi connectivity index (χ2v) is 6.85. The lowest BCUT2D eigenvalue weighted by Gasteiger charge is -2.16. The molecular weight excluding hydrogens is 324 g/mol. The zero-order valence-electron chi connectivity index (χ0n) is 13.8. The van der Waals surface area contributed by atoms with Crippen molar-refractivity contribution in [1.29, 1.82) is 0 Å². The first-order chi connectivity index (χ1) is 11.7. The summed E-state index contributed by atoms with van der Waals surface area (Å²) in [6.45, 7) is 5.78. The van der Waals surface area contributed by atoms with Crippen LogP contribution in [0.15, 0.2) is 24.3 Å². The predicted molar refractivity (Wildman–Crippen MR) is 95.1 cm³/mol. The number of aromatic carboxylic acids is 1. The van der Waals surface area contributed by atoms with Gasteiger partial charge in [-0.15, -0.1) is 11.3 Å². The number of hydrogen-bond donors (Lipinski definition) is 1. The summed E-state index contributed by atoms with van der Waals surface area (Å²) in [4.78, 5) is 18.6. The highest BCUT2D eigenvalue weighted by atomic mass is 32.1. The van der Waals surface area contributed by atoms with Crippen molar-refractivity contribution < 1.29 is 14.6 Å². The molecule has 0 spiro atoms. The smallest absolute Gasteiger partial charge is 0.347 e. The molecule has 2 heterocycles. The minimum Gasteiger partial charge on any atom is -0.492 e. The Balaban J connectivity index is 1.77. The van der Waals surface area contributed by atoms with Crippen LogP contribution in [0.4, 0.5) is 0 Å². The molecule has 0 unspecified atom stereocenters. The maximum atomic E-state index is 11.4. The van der Waals surface area contributed by atoms with Gasteiger partial charge in [0, 0.05) is 6.54 Å². The molecule has 5 nitrogen and oxygen atoms in total. The molecule has 1 aromatic heterocycles. The molecule has 1 fully saturated rings. The normalized spacial score (nSPS) is 14.9. The van der Waals surface area contributed by atoms with Gasteiger partial charge in [-0.1, -0.05) is 19.1 Å². The summed E-state index contributed by atoms with van der Waals surface area (Å²) in [6, 6.07) is 7.72. The van der Waals surface area contributed by atoms with Gasteiger partial charge in [0.2, 0.25) is 0 Å². The number of aromatic nitrogens is 1. The Kier molecular flexibility index (Phi) is 5.48. The molecule has 1 aliphatic rings. The number of thiazole rings is 1. The lowest BCUT2D eigenvalue weighted by atomic mass is 10.2. The topological polar surface area (TPSA) is 62.7 Å². The van der Waals surface area contributed by atoms with Crippen LogP contribution in [-0.2, 0) is 6.42 Å². The first kappa shape index (κ1) is 16.9. The van der Waals surface area contributed by atoms with Crippen molar-refractivity contribution in [1.82, 2.24) is 9.88 Å². The van der Waals surface area contributed by atoms with Crippen molar-refractivity contribution in [3.05, 3.63) is 34.8 Å². The van der Waals surface area contributed by atoms with E-state index < -0.39 is 5.97 Å². The number of benzene rings is 1.